The van der Waals surface area contributed by atoms with Crippen LogP contribution in [0.5, 0.6) is 0 Å². The molecule has 20 heavy (non-hydrogen) atoms. The van der Waals surface area contributed by atoms with E-state index in [9.17, 15) is 14.0 Å². The molecular weight excluding hydrogens is 301 g/mol. The molecule has 2 aromatic carbocycles. The van der Waals surface area contributed by atoms with Gasteiger partial charge < -0.3 is 0 Å². The average molecular weight is 308 g/mol. The Balaban J connectivity index is 2.17. The predicted octanol–water partition coefficient (Wildman–Crippen LogP) is 3.57. The maximum atomic E-state index is 14.0. The lowest BCUT2D eigenvalue weighted by Crippen LogP contribution is -2.30. The number of amides is 2. The van der Waals surface area contributed by atoms with Gasteiger partial charge in [0.1, 0.15) is 5.82 Å². The van der Waals surface area contributed by atoms with E-state index in [-0.39, 0.29) is 21.8 Å². The number of benzene rings is 2. The number of hydrogen-bond acceptors (Lipinski definition) is 3. The quantitative estimate of drug-likeness (QED) is 0.646. The Morgan fingerprint density at radius 3 is 2.15 bits per heavy atom. The van der Waals surface area contributed by atoms with Crippen molar-refractivity contribution in [1.82, 2.24) is 0 Å². The van der Waals surface area contributed by atoms with Crippen LogP contribution in [0.3, 0.4) is 0 Å². The van der Waals surface area contributed by atoms with Crippen LogP contribution in [0.15, 0.2) is 41.3 Å². The number of thiol groups is 1. The lowest BCUT2D eigenvalue weighted by Gasteiger charge is -2.15. The van der Waals surface area contributed by atoms with E-state index in [4.69, 9.17) is 11.6 Å². The molecule has 0 radical (unpaired) electrons. The zero-order valence-corrected chi connectivity index (χ0v) is 11.6. The Morgan fingerprint density at radius 1 is 1.05 bits per heavy atom. The van der Waals surface area contributed by atoms with Gasteiger partial charge in [-0.3, -0.25) is 9.59 Å². The SMILES string of the molecule is O=C1c2ccccc2C(=O)N1c1cc(S)c(Cl)cc1F. The summed E-state index contributed by atoms with van der Waals surface area (Å²) in [5.74, 6) is -1.86. The van der Waals surface area contributed by atoms with E-state index >= 15 is 0 Å². The zero-order valence-electron chi connectivity index (χ0n) is 9.93. The first kappa shape index (κ1) is 13.1. The fourth-order valence-corrected chi connectivity index (χ4v) is 2.44. The van der Waals surface area contributed by atoms with Crippen LogP contribution in [0.1, 0.15) is 20.7 Å². The summed E-state index contributed by atoms with van der Waals surface area (Å²) in [7, 11) is 0. The molecule has 0 atom stereocenters. The van der Waals surface area contributed by atoms with Gasteiger partial charge >= 0.3 is 0 Å². The minimum atomic E-state index is -0.748. The van der Waals surface area contributed by atoms with E-state index in [0.29, 0.717) is 4.90 Å². The highest BCUT2D eigenvalue weighted by molar-refractivity contribution is 7.80. The highest BCUT2D eigenvalue weighted by Gasteiger charge is 2.37. The molecule has 1 aliphatic rings. The summed E-state index contributed by atoms with van der Waals surface area (Å²) in [4.78, 5) is 25.6. The minimum Gasteiger partial charge on any atom is -0.268 e. The number of halogens is 2. The van der Waals surface area contributed by atoms with Gasteiger partial charge in [0.15, 0.2) is 0 Å². The Bertz CT molecular complexity index is 728. The smallest absolute Gasteiger partial charge is 0.266 e. The number of carbonyl (C=O) groups excluding carboxylic acids is 2. The van der Waals surface area contributed by atoms with Crippen molar-refractivity contribution in [2.75, 3.05) is 4.90 Å². The number of imide groups is 1. The first-order valence-electron chi connectivity index (χ1n) is 5.66. The molecule has 0 saturated heterocycles. The summed E-state index contributed by atoms with van der Waals surface area (Å²) in [6.45, 7) is 0. The minimum absolute atomic E-state index is 0.117. The van der Waals surface area contributed by atoms with Gasteiger partial charge in [0.05, 0.1) is 21.8 Å². The van der Waals surface area contributed by atoms with Gasteiger partial charge in [0, 0.05) is 4.90 Å². The van der Waals surface area contributed by atoms with Crippen LogP contribution in [-0.2, 0) is 0 Å². The number of hydrogen-bond donors (Lipinski definition) is 1. The van der Waals surface area contributed by atoms with Gasteiger partial charge in [-0.05, 0) is 24.3 Å². The summed E-state index contributed by atoms with van der Waals surface area (Å²) < 4.78 is 14.0. The van der Waals surface area contributed by atoms with Crippen LogP contribution in [0.4, 0.5) is 10.1 Å². The lowest BCUT2D eigenvalue weighted by atomic mass is 10.1. The third-order valence-electron chi connectivity index (χ3n) is 3.05. The maximum Gasteiger partial charge on any atom is 0.266 e. The molecule has 0 saturated carbocycles. The monoisotopic (exact) mass is 307 g/mol. The average Bonchev–Trinajstić information content (AvgIpc) is 2.68. The van der Waals surface area contributed by atoms with Crippen LogP contribution < -0.4 is 4.90 Å². The molecule has 2 aromatic rings. The molecule has 0 aliphatic carbocycles. The molecule has 3 rings (SSSR count). The summed E-state index contributed by atoms with van der Waals surface area (Å²) in [6, 6.07) is 8.66. The van der Waals surface area contributed by atoms with Crippen molar-refractivity contribution in [3.63, 3.8) is 0 Å². The molecular formula is C14H7ClFNO2S. The fourth-order valence-electron chi connectivity index (χ4n) is 2.11. The predicted molar refractivity (Wildman–Crippen MR) is 76.2 cm³/mol. The van der Waals surface area contributed by atoms with Crippen LogP contribution in [-0.4, -0.2) is 11.8 Å². The Hall–Kier alpha value is -1.85. The molecule has 3 nitrogen and oxygen atoms in total. The maximum absolute atomic E-state index is 14.0. The summed E-state index contributed by atoms with van der Waals surface area (Å²) >= 11 is 9.83. The molecule has 0 unspecified atom stereocenters. The number of nitrogens with zero attached hydrogens (tertiary/aromatic N) is 1. The van der Waals surface area contributed by atoms with E-state index < -0.39 is 17.6 Å². The van der Waals surface area contributed by atoms with E-state index in [0.717, 1.165) is 11.0 Å². The van der Waals surface area contributed by atoms with Crippen molar-refractivity contribution < 1.29 is 14.0 Å². The second kappa shape index (κ2) is 4.61. The molecule has 0 aromatic heterocycles. The second-order valence-corrected chi connectivity index (χ2v) is 5.14. The van der Waals surface area contributed by atoms with Gasteiger partial charge in [-0.1, -0.05) is 23.7 Å². The van der Waals surface area contributed by atoms with Gasteiger partial charge in [0.25, 0.3) is 11.8 Å². The van der Waals surface area contributed by atoms with Crippen LogP contribution in [0, 0.1) is 5.82 Å². The van der Waals surface area contributed by atoms with Crippen molar-refractivity contribution >= 4 is 41.7 Å². The van der Waals surface area contributed by atoms with Crippen molar-refractivity contribution in [1.29, 1.82) is 0 Å². The van der Waals surface area contributed by atoms with E-state index in [1.807, 2.05) is 0 Å². The summed E-state index contributed by atoms with van der Waals surface area (Å²) in [5, 5.41) is 0.117. The van der Waals surface area contributed by atoms with Crippen molar-refractivity contribution in [2.24, 2.45) is 0 Å². The van der Waals surface area contributed by atoms with Crippen molar-refractivity contribution in [2.45, 2.75) is 4.90 Å². The largest absolute Gasteiger partial charge is 0.268 e. The number of rotatable bonds is 1. The molecule has 0 bridgehead atoms. The van der Waals surface area contributed by atoms with Crippen molar-refractivity contribution in [3.05, 3.63) is 58.4 Å². The normalized spacial score (nSPS) is 13.8. The molecule has 0 fully saturated rings. The molecule has 0 N–H and O–H groups in total. The van der Waals surface area contributed by atoms with Gasteiger partial charge in [0.2, 0.25) is 0 Å². The second-order valence-electron chi connectivity index (χ2n) is 4.25. The topological polar surface area (TPSA) is 37.4 Å². The van der Waals surface area contributed by atoms with Gasteiger partial charge in [-0.25, -0.2) is 9.29 Å². The number of fused-ring (bicyclic) bond motifs is 1. The standard InChI is InChI=1S/C14H7ClFNO2S/c15-9-5-10(16)11(6-12(9)20)17-13(18)7-3-1-2-4-8(7)14(17)19/h1-6,20H. The summed E-state index contributed by atoms with van der Waals surface area (Å²) in [6.07, 6.45) is 0. The van der Waals surface area contributed by atoms with E-state index in [1.165, 1.54) is 18.2 Å². The fraction of sp³-hybridized carbons (Fsp3) is 0. The lowest BCUT2D eigenvalue weighted by molar-refractivity contribution is 0.0925. The van der Waals surface area contributed by atoms with Crippen molar-refractivity contribution in [3.8, 4) is 0 Å². The van der Waals surface area contributed by atoms with Gasteiger partial charge in [-0.15, -0.1) is 12.6 Å². The Morgan fingerprint density at radius 2 is 1.60 bits per heavy atom. The van der Waals surface area contributed by atoms with Gasteiger partial charge in [-0.2, -0.15) is 0 Å². The Kier molecular flexibility index (Phi) is 3.03. The highest BCUT2D eigenvalue weighted by atomic mass is 35.5. The molecule has 6 heteroatoms. The number of carbonyl (C=O) groups is 2. The molecule has 1 heterocycles. The van der Waals surface area contributed by atoms with Crippen LogP contribution in [0.25, 0.3) is 0 Å². The summed E-state index contributed by atoms with van der Waals surface area (Å²) in [5.41, 5.74) is 0.366. The molecule has 1 aliphatic heterocycles. The first-order valence-corrected chi connectivity index (χ1v) is 6.49. The zero-order chi connectivity index (χ0) is 14.4. The third-order valence-corrected chi connectivity index (χ3v) is 3.87. The van der Waals surface area contributed by atoms with E-state index in [2.05, 4.69) is 12.6 Å². The third kappa shape index (κ3) is 1.82. The molecule has 2 amide bonds. The Labute approximate surface area is 124 Å². The molecule has 0 spiro atoms. The highest BCUT2D eigenvalue weighted by Crippen LogP contribution is 2.34. The van der Waals surface area contributed by atoms with Crippen LogP contribution >= 0.6 is 24.2 Å². The first-order chi connectivity index (χ1) is 9.50. The number of anilines is 1. The molecule has 100 valence electrons. The van der Waals surface area contributed by atoms with E-state index in [1.54, 1.807) is 12.1 Å². The van der Waals surface area contributed by atoms with Crippen LogP contribution in [0.2, 0.25) is 5.02 Å².